The Labute approximate surface area is 170 Å². The fourth-order valence-corrected chi connectivity index (χ4v) is 2.86. The van der Waals surface area contributed by atoms with Crippen molar-refractivity contribution >= 4 is 11.9 Å². The summed E-state index contributed by atoms with van der Waals surface area (Å²) in [5.74, 6) is -0.0596. The second-order valence-electron chi connectivity index (χ2n) is 7.21. The van der Waals surface area contributed by atoms with Gasteiger partial charge in [-0.3, -0.25) is 9.59 Å². The van der Waals surface area contributed by atoms with Gasteiger partial charge in [0.05, 0.1) is 0 Å². The minimum atomic E-state index is -0.326. The maximum absolute atomic E-state index is 11.8. The first-order valence-electron chi connectivity index (χ1n) is 10.7. The summed E-state index contributed by atoms with van der Waals surface area (Å²) in [6.07, 6.45) is 15.0. The Kier molecular flexibility index (Phi) is 13.6. The molecule has 0 N–H and O–H groups in total. The molecule has 0 radical (unpaired) electrons. The topological polar surface area (TPSA) is 52.6 Å². The fourth-order valence-electron chi connectivity index (χ4n) is 2.86. The first-order chi connectivity index (χ1) is 13.6. The van der Waals surface area contributed by atoms with Gasteiger partial charge < -0.3 is 9.47 Å². The molecule has 0 unspecified atom stereocenters. The van der Waals surface area contributed by atoms with Crippen LogP contribution in [-0.2, 0) is 14.3 Å². The number of carbonyl (C=O) groups excluding carboxylic acids is 2. The maximum atomic E-state index is 11.8. The average Bonchev–Trinajstić information content (AvgIpc) is 2.66. The second-order valence-corrected chi connectivity index (χ2v) is 7.21. The number of allylic oxidation sites excluding steroid dienone is 1. The molecule has 0 aromatic heterocycles. The summed E-state index contributed by atoms with van der Waals surface area (Å²) in [7, 11) is 0. The number of esters is 2. The smallest absolute Gasteiger partial charge is 0.311 e. The van der Waals surface area contributed by atoms with Gasteiger partial charge in [-0.15, -0.1) is 0 Å². The normalized spacial score (nSPS) is 10.9. The van der Waals surface area contributed by atoms with E-state index >= 15 is 0 Å². The van der Waals surface area contributed by atoms with Crippen molar-refractivity contribution in [3.63, 3.8) is 0 Å². The number of hydrogen-bond donors (Lipinski definition) is 0. The van der Waals surface area contributed by atoms with Gasteiger partial charge in [0.25, 0.3) is 0 Å². The van der Waals surface area contributed by atoms with Gasteiger partial charge in [-0.1, -0.05) is 69.7 Å². The fraction of sp³-hybridized carbons (Fsp3) is 0.583. The van der Waals surface area contributed by atoms with E-state index in [2.05, 4.69) is 13.0 Å². The van der Waals surface area contributed by atoms with Crippen molar-refractivity contribution in [2.75, 3.05) is 6.61 Å². The van der Waals surface area contributed by atoms with E-state index in [0.29, 0.717) is 18.8 Å². The van der Waals surface area contributed by atoms with Crippen molar-refractivity contribution < 1.29 is 19.1 Å². The molecule has 0 saturated heterocycles. The third kappa shape index (κ3) is 13.1. The highest BCUT2D eigenvalue weighted by Crippen LogP contribution is 2.14. The lowest BCUT2D eigenvalue weighted by Crippen LogP contribution is -2.10. The van der Waals surface area contributed by atoms with E-state index in [1.165, 1.54) is 44.9 Å². The molecular weight excluding hydrogens is 352 g/mol. The Morgan fingerprint density at radius 3 is 2.36 bits per heavy atom. The first kappa shape index (κ1) is 23.9. The largest absolute Gasteiger partial charge is 0.461 e. The summed E-state index contributed by atoms with van der Waals surface area (Å²) >= 11 is 0. The average molecular weight is 389 g/mol. The van der Waals surface area contributed by atoms with Gasteiger partial charge in [0, 0.05) is 12.8 Å². The molecule has 4 nitrogen and oxygen atoms in total. The van der Waals surface area contributed by atoms with E-state index in [-0.39, 0.29) is 24.8 Å². The minimum Gasteiger partial charge on any atom is -0.461 e. The van der Waals surface area contributed by atoms with Crippen molar-refractivity contribution in [1.82, 2.24) is 0 Å². The van der Waals surface area contributed by atoms with Gasteiger partial charge in [0.2, 0.25) is 0 Å². The first-order valence-corrected chi connectivity index (χ1v) is 10.7. The van der Waals surface area contributed by atoms with E-state index in [4.69, 9.17) is 9.47 Å². The number of benzene rings is 1. The Bertz CT molecular complexity index is 592. The SMILES string of the molecule is CCCCCCCCC/C=C/COC(=O)CCCC(=O)Oc1cccc(C)c1. The lowest BCUT2D eigenvalue weighted by atomic mass is 10.1. The molecule has 156 valence electrons. The zero-order chi connectivity index (χ0) is 20.5. The molecule has 1 rings (SSSR count). The summed E-state index contributed by atoms with van der Waals surface area (Å²) in [5.41, 5.74) is 1.04. The lowest BCUT2D eigenvalue weighted by molar-refractivity contribution is -0.142. The van der Waals surface area contributed by atoms with Gasteiger partial charge in [0.15, 0.2) is 0 Å². The van der Waals surface area contributed by atoms with Crippen LogP contribution < -0.4 is 4.74 Å². The van der Waals surface area contributed by atoms with E-state index in [9.17, 15) is 9.59 Å². The highest BCUT2D eigenvalue weighted by Gasteiger charge is 2.08. The van der Waals surface area contributed by atoms with Crippen LogP contribution in [0.3, 0.4) is 0 Å². The molecule has 1 aromatic rings. The molecule has 0 spiro atoms. The second kappa shape index (κ2) is 15.9. The van der Waals surface area contributed by atoms with Gasteiger partial charge in [-0.2, -0.15) is 0 Å². The molecule has 1 aromatic carbocycles. The molecule has 28 heavy (non-hydrogen) atoms. The zero-order valence-corrected chi connectivity index (χ0v) is 17.6. The third-order valence-electron chi connectivity index (χ3n) is 4.46. The molecule has 0 amide bonds. The van der Waals surface area contributed by atoms with Crippen LogP contribution in [0.5, 0.6) is 5.75 Å². The van der Waals surface area contributed by atoms with Crippen LogP contribution in [0.2, 0.25) is 0 Å². The molecule has 4 heteroatoms. The molecule has 0 aliphatic heterocycles. The molecule has 0 aliphatic rings. The van der Waals surface area contributed by atoms with Gasteiger partial charge in [-0.05, 0) is 43.9 Å². The number of aryl methyl sites for hydroxylation is 1. The van der Waals surface area contributed by atoms with Crippen LogP contribution in [0.15, 0.2) is 36.4 Å². The highest BCUT2D eigenvalue weighted by molar-refractivity contribution is 5.74. The number of hydrogen-bond acceptors (Lipinski definition) is 4. The van der Waals surface area contributed by atoms with E-state index in [0.717, 1.165) is 12.0 Å². The molecule has 0 atom stereocenters. The Morgan fingerprint density at radius 2 is 1.61 bits per heavy atom. The van der Waals surface area contributed by atoms with Crippen molar-refractivity contribution in [3.8, 4) is 5.75 Å². The van der Waals surface area contributed by atoms with Crippen LogP contribution in [0.25, 0.3) is 0 Å². The van der Waals surface area contributed by atoms with Crippen LogP contribution in [0.4, 0.5) is 0 Å². The molecule has 0 fully saturated rings. The number of unbranched alkanes of at least 4 members (excludes halogenated alkanes) is 7. The monoisotopic (exact) mass is 388 g/mol. The van der Waals surface area contributed by atoms with E-state index < -0.39 is 0 Å². The number of rotatable bonds is 15. The highest BCUT2D eigenvalue weighted by atomic mass is 16.5. The zero-order valence-electron chi connectivity index (χ0n) is 17.6. The van der Waals surface area contributed by atoms with Crippen LogP contribution in [-0.4, -0.2) is 18.5 Å². The van der Waals surface area contributed by atoms with Crippen LogP contribution in [0, 0.1) is 6.92 Å². The molecular formula is C24H36O4. The van der Waals surface area contributed by atoms with Gasteiger partial charge in [-0.25, -0.2) is 0 Å². The predicted molar refractivity (Wildman–Crippen MR) is 113 cm³/mol. The lowest BCUT2D eigenvalue weighted by Gasteiger charge is -2.05. The molecule has 0 bridgehead atoms. The van der Waals surface area contributed by atoms with Crippen LogP contribution >= 0.6 is 0 Å². The van der Waals surface area contributed by atoms with Crippen molar-refractivity contribution in [2.45, 2.75) is 84.5 Å². The summed E-state index contributed by atoms with van der Waals surface area (Å²) in [4.78, 5) is 23.5. The molecule has 0 saturated carbocycles. The summed E-state index contributed by atoms with van der Waals surface area (Å²) < 4.78 is 10.4. The third-order valence-corrected chi connectivity index (χ3v) is 4.46. The Hall–Kier alpha value is -2.10. The minimum absolute atomic E-state index is 0.205. The van der Waals surface area contributed by atoms with Gasteiger partial charge >= 0.3 is 11.9 Å². The van der Waals surface area contributed by atoms with Crippen molar-refractivity contribution in [3.05, 3.63) is 42.0 Å². The quantitative estimate of drug-likeness (QED) is 0.153. The molecule has 0 aliphatic carbocycles. The summed E-state index contributed by atoms with van der Waals surface area (Å²) in [6.45, 7) is 4.48. The Balaban J connectivity index is 1.98. The standard InChI is InChI=1S/C24H36O4/c1-3-4-5-6-7-8-9-10-11-12-19-27-23(25)17-14-18-24(26)28-22-16-13-15-21(2)20-22/h11-13,15-16,20H,3-10,14,17-19H2,1-2H3/b12-11+. The van der Waals surface area contributed by atoms with Gasteiger partial charge in [0.1, 0.15) is 12.4 Å². The number of ether oxygens (including phenoxy) is 2. The Morgan fingerprint density at radius 1 is 0.893 bits per heavy atom. The molecule has 0 heterocycles. The van der Waals surface area contributed by atoms with E-state index in [1.54, 1.807) is 6.07 Å². The van der Waals surface area contributed by atoms with E-state index in [1.807, 2.05) is 31.2 Å². The summed E-state index contributed by atoms with van der Waals surface area (Å²) in [6, 6.07) is 7.34. The summed E-state index contributed by atoms with van der Waals surface area (Å²) in [5, 5.41) is 0. The maximum Gasteiger partial charge on any atom is 0.311 e. The van der Waals surface area contributed by atoms with Crippen LogP contribution in [0.1, 0.15) is 83.1 Å². The number of carbonyl (C=O) groups is 2. The van der Waals surface area contributed by atoms with Crippen molar-refractivity contribution in [2.24, 2.45) is 0 Å². The predicted octanol–water partition coefficient (Wildman–Crippen LogP) is 6.31. The van der Waals surface area contributed by atoms with Crippen molar-refractivity contribution in [1.29, 1.82) is 0 Å².